The number of ether oxygens (including phenoxy) is 1. The molecule has 1 saturated carbocycles. The lowest BCUT2D eigenvalue weighted by Gasteiger charge is -2.27. The van der Waals surface area contributed by atoms with Crippen LogP contribution >= 0.6 is 0 Å². The fraction of sp³-hybridized carbons (Fsp3) is 0.700. The first-order chi connectivity index (χ1) is 5.38. The van der Waals surface area contributed by atoms with Gasteiger partial charge in [-0.3, -0.25) is 0 Å². The molecule has 0 spiro atoms. The van der Waals surface area contributed by atoms with Crippen molar-refractivity contribution in [3.8, 4) is 0 Å². The van der Waals surface area contributed by atoms with Crippen molar-refractivity contribution in [2.75, 3.05) is 7.11 Å². The second-order valence-electron chi connectivity index (χ2n) is 3.11. The van der Waals surface area contributed by atoms with Crippen molar-refractivity contribution in [3.63, 3.8) is 0 Å². The van der Waals surface area contributed by atoms with Crippen LogP contribution < -0.4 is 0 Å². The first kappa shape index (κ1) is 8.79. The molecule has 62 valence electrons. The van der Waals surface area contributed by atoms with Crippen LogP contribution in [0.15, 0.2) is 12.7 Å². The smallest absolute Gasteiger partial charge is 0.135 e. The minimum absolute atomic E-state index is 0.492. The molecular formula is C10H16O. The number of rotatable bonds is 3. The molecule has 1 heteroatoms. The van der Waals surface area contributed by atoms with Crippen LogP contribution in [0.2, 0.25) is 0 Å². The molecule has 2 radical (unpaired) electrons. The Hall–Kier alpha value is -0.300. The van der Waals surface area contributed by atoms with Crippen molar-refractivity contribution < 1.29 is 4.74 Å². The average molecular weight is 152 g/mol. The Morgan fingerprint density at radius 2 is 2.18 bits per heavy atom. The van der Waals surface area contributed by atoms with E-state index in [0.29, 0.717) is 11.8 Å². The second-order valence-corrected chi connectivity index (χ2v) is 3.11. The molecule has 11 heavy (non-hydrogen) atoms. The molecule has 0 bridgehead atoms. The van der Waals surface area contributed by atoms with E-state index in [1.54, 1.807) is 7.11 Å². The Labute approximate surface area is 69.4 Å². The monoisotopic (exact) mass is 152 g/mol. The summed E-state index contributed by atoms with van der Waals surface area (Å²) in [6.07, 6.45) is 7.15. The van der Waals surface area contributed by atoms with Crippen molar-refractivity contribution in [2.45, 2.75) is 25.7 Å². The van der Waals surface area contributed by atoms with E-state index in [-0.39, 0.29) is 0 Å². The van der Waals surface area contributed by atoms with Crippen LogP contribution in [-0.2, 0) is 4.74 Å². The zero-order chi connectivity index (χ0) is 8.10. The minimum atomic E-state index is 0.492. The van der Waals surface area contributed by atoms with Crippen molar-refractivity contribution in [1.29, 1.82) is 0 Å². The van der Waals surface area contributed by atoms with Gasteiger partial charge in [-0.1, -0.05) is 18.9 Å². The highest BCUT2D eigenvalue weighted by molar-refractivity contribution is 4.90. The summed E-state index contributed by atoms with van der Waals surface area (Å²) in [6.45, 7) is 6.84. The topological polar surface area (TPSA) is 9.23 Å². The van der Waals surface area contributed by atoms with Gasteiger partial charge in [0, 0.05) is 13.0 Å². The number of hydrogen-bond acceptors (Lipinski definition) is 1. The van der Waals surface area contributed by atoms with E-state index < -0.39 is 0 Å². The van der Waals surface area contributed by atoms with Gasteiger partial charge >= 0.3 is 0 Å². The molecule has 0 heterocycles. The van der Waals surface area contributed by atoms with Crippen LogP contribution in [0, 0.1) is 18.4 Å². The maximum Gasteiger partial charge on any atom is 0.135 e. The van der Waals surface area contributed by atoms with Crippen LogP contribution in [-0.4, -0.2) is 7.11 Å². The fourth-order valence-electron chi connectivity index (χ4n) is 1.74. The lowest BCUT2D eigenvalue weighted by Crippen LogP contribution is -2.18. The maximum atomic E-state index is 4.92. The third kappa shape index (κ3) is 2.33. The SMILES string of the molecule is C=C[C@H]1CCCC[C@@H]1[C]OC. The Kier molecular flexibility index (Phi) is 3.64. The third-order valence-corrected chi connectivity index (χ3v) is 2.39. The minimum Gasteiger partial charge on any atom is -0.372 e. The number of allylic oxidation sites excluding steroid dienone is 1. The highest BCUT2D eigenvalue weighted by atomic mass is 16.5. The van der Waals surface area contributed by atoms with Gasteiger partial charge in [-0.15, -0.1) is 6.58 Å². The molecule has 1 rings (SSSR count). The van der Waals surface area contributed by atoms with Crippen molar-refractivity contribution in [3.05, 3.63) is 19.3 Å². The molecule has 0 unspecified atom stereocenters. The molecule has 0 aromatic rings. The zero-order valence-electron chi connectivity index (χ0n) is 7.18. The lowest BCUT2D eigenvalue weighted by atomic mass is 9.80. The number of methoxy groups -OCH3 is 1. The maximum absolute atomic E-state index is 4.92. The first-order valence-corrected chi connectivity index (χ1v) is 4.29. The van der Waals surface area contributed by atoms with E-state index in [2.05, 4.69) is 13.2 Å². The third-order valence-electron chi connectivity index (χ3n) is 2.39. The largest absolute Gasteiger partial charge is 0.372 e. The van der Waals surface area contributed by atoms with E-state index in [4.69, 9.17) is 4.74 Å². The normalized spacial score (nSPS) is 31.7. The molecule has 0 aromatic heterocycles. The van der Waals surface area contributed by atoms with Gasteiger partial charge in [0.1, 0.15) is 6.61 Å². The Bertz CT molecular complexity index is 118. The summed E-state index contributed by atoms with van der Waals surface area (Å²) in [5, 5.41) is 0. The van der Waals surface area contributed by atoms with E-state index in [1.165, 1.54) is 25.7 Å². The van der Waals surface area contributed by atoms with Crippen LogP contribution in [0.25, 0.3) is 0 Å². The van der Waals surface area contributed by atoms with Crippen LogP contribution in [0.4, 0.5) is 0 Å². The van der Waals surface area contributed by atoms with Crippen LogP contribution in [0.3, 0.4) is 0 Å². The van der Waals surface area contributed by atoms with Crippen LogP contribution in [0.5, 0.6) is 0 Å². The molecule has 1 nitrogen and oxygen atoms in total. The van der Waals surface area contributed by atoms with Gasteiger partial charge < -0.3 is 4.74 Å². The molecule has 0 aliphatic heterocycles. The zero-order valence-corrected chi connectivity index (χ0v) is 7.18. The van der Waals surface area contributed by atoms with Gasteiger partial charge in [0.25, 0.3) is 0 Å². The van der Waals surface area contributed by atoms with E-state index in [0.717, 1.165) is 0 Å². The van der Waals surface area contributed by atoms with Crippen molar-refractivity contribution >= 4 is 0 Å². The molecule has 1 aliphatic rings. The first-order valence-electron chi connectivity index (χ1n) is 4.29. The van der Waals surface area contributed by atoms with Crippen molar-refractivity contribution in [1.82, 2.24) is 0 Å². The molecule has 0 saturated heterocycles. The highest BCUT2D eigenvalue weighted by Gasteiger charge is 2.22. The van der Waals surface area contributed by atoms with Gasteiger partial charge in [0.2, 0.25) is 0 Å². The van der Waals surface area contributed by atoms with Gasteiger partial charge in [-0.2, -0.15) is 0 Å². The summed E-state index contributed by atoms with van der Waals surface area (Å²) < 4.78 is 4.92. The standard InChI is InChI=1S/C10H16O/c1-3-9-6-4-5-7-10(9)8-11-2/h3,9-10H,1,4-7H2,2H3/t9-,10+/m0/s1. The summed E-state index contributed by atoms with van der Waals surface area (Å²) in [4.78, 5) is 0. The Morgan fingerprint density at radius 1 is 1.45 bits per heavy atom. The highest BCUT2D eigenvalue weighted by Crippen LogP contribution is 2.32. The van der Waals surface area contributed by atoms with Crippen LogP contribution in [0.1, 0.15) is 25.7 Å². The average Bonchev–Trinajstić information content (AvgIpc) is 2.06. The van der Waals surface area contributed by atoms with E-state index in [9.17, 15) is 0 Å². The predicted molar refractivity (Wildman–Crippen MR) is 45.9 cm³/mol. The summed E-state index contributed by atoms with van der Waals surface area (Å²) in [5.74, 6) is 1.09. The van der Waals surface area contributed by atoms with Gasteiger partial charge in [-0.05, 0) is 18.8 Å². The second kappa shape index (κ2) is 4.55. The Morgan fingerprint density at radius 3 is 2.82 bits per heavy atom. The summed E-state index contributed by atoms with van der Waals surface area (Å²) in [7, 11) is 1.68. The molecule has 1 aliphatic carbocycles. The van der Waals surface area contributed by atoms with E-state index >= 15 is 0 Å². The molecule has 1 fully saturated rings. The quantitative estimate of drug-likeness (QED) is 0.565. The predicted octanol–water partition coefficient (Wildman–Crippen LogP) is 2.66. The Balaban J connectivity index is 2.37. The summed E-state index contributed by atoms with van der Waals surface area (Å²) in [5.41, 5.74) is 0. The molecule has 0 amide bonds. The lowest BCUT2D eigenvalue weighted by molar-refractivity contribution is 0.175. The molecular weight excluding hydrogens is 136 g/mol. The van der Waals surface area contributed by atoms with Gasteiger partial charge in [-0.25, -0.2) is 0 Å². The molecule has 0 N–H and O–H groups in total. The fourth-order valence-corrected chi connectivity index (χ4v) is 1.74. The molecule has 0 aromatic carbocycles. The summed E-state index contributed by atoms with van der Waals surface area (Å²) >= 11 is 0. The van der Waals surface area contributed by atoms with Gasteiger partial charge in [0.15, 0.2) is 0 Å². The number of hydrogen-bond donors (Lipinski definition) is 0. The molecule has 2 atom stereocenters. The van der Waals surface area contributed by atoms with Gasteiger partial charge in [0.05, 0.1) is 0 Å². The van der Waals surface area contributed by atoms with Crippen molar-refractivity contribution in [2.24, 2.45) is 11.8 Å². The van der Waals surface area contributed by atoms with E-state index in [1.807, 2.05) is 6.08 Å². The summed E-state index contributed by atoms with van der Waals surface area (Å²) in [6, 6.07) is 0.